The summed E-state index contributed by atoms with van der Waals surface area (Å²) in [5, 5.41) is 5.63. The number of benzene rings is 1. The highest BCUT2D eigenvalue weighted by atomic mass is 16.2. The summed E-state index contributed by atoms with van der Waals surface area (Å²) < 4.78 is 0. The molecule has 5 nitrogen and oxygen atoms in total. The van der Waals surface area contributed by atoms with Gasteiger partial charge in [0, 0.05) is 13.5 Å². The monoisotopic (exact) mass is 331 g/mol. The maximum absolute atomic E-state index is 12.2. The Hall–Kier alpha value is -1.88. The first-order valence-electron chi connectivity index (χ1n) is 8.81. The lowest BCUT2D eigenvalue weighted by atomic mass is 9.95. The van der Waals surface area contributed by atoms with Crippen LogP contribution in [0.3, 0.4) is 0 Å². The lowest BCUT2D eigenvalue weighted by Gasteiger charge is -2.37. The molecule has 1 aromatic carbocycles. The van der Waals surface area contributed by atoms with Crippen molar-refractivity contribution in [1.29, 1.82) is 0 Å². The number of amides is 2. The summed E-state index contributed by atoms with van der Waals surface area (Å²) in [6.45, 7) is 8.09. The first kappa shape index (κ1) is 18.5. The van der Waals surface area contributed by atoms with Crippen molar-refractivity contribution in [2.75, 3.05) is 19.6 Å². The highest BCUT2D eigenvalue weighted by Gasteiger charge is 2.25. The van der Waals surface area contributed by atoms with Gasteiger partial charge in [-0.15, -0.1) is 0 Å². The second-order valence-electron chi connectivity index (χ2n) is 6.81. The van der Waals surface area contributed by atoms with E-state index in [1.54, 1.807) is 6.92 Å². The van der Waals surface area contributed by atoms with Crippen molar-refractivity contribution in [2.45, 2.75) is 45.7 Å². The number of hydrogen-bond donors (Lipinski definition) is 2. The smallest absolute Gasteiger partial charge is 0.242 e. The molecule has 1 aromatic rings. The second kappa shape index (κ2) is 8.83. The minimum absolute atomic E-state index is 0.142. The van der Waals surface area contributed by atoms with E-state index in [2.05, 4.69) is 34.6 Å². The summed E-state index contributed by atoms with van der Waals surface area (Å²) in [7, 11) is 0. The topological polar surface area (TPSA) is 61.4 Å². The molecule has 132 valence electrons. The van der Waals surface area contributed by atoms with E-state index in [0.29, 0.717) is 6.54 Å². The predicted molar refractivity (Wildman–Crippen MR) is 95.4 cm³/mol. The molecule has 1 heterocycles. The van der Waals surface area contributed by atoms with Crippen molar-refractivity contribution < 1.29 is 9.59 Å². The van der Waals surface area contributed by atoms with Crippen molar-refractivity contribution in [2.24, 2.45) is 5.92 Å². The van der Waals surface area contributed by atoms with Gasteiger partial charge >= 0.3 is 0 Å². The molecule has 1 saturated heterocycles. The molecule has 0 bridgehead atoms. The van der Waals surface area contributed by atoms with Crippen LogP contribution in [0.4, 0.5) is 0 Å². The van der Waals surface area contributed by atoms with E-state index >= 15 is 0 Å². The van der Waals surface area contributed by atoms with Crippen molar-refractivity contribution in [3.05, 3.63) is 35.9 Å². The second-order valence-corrected chi connectivity index (χ2v) is 6.81. The van der Waals surface area contributed by atoms with E-state index in [9.17, 15) is 9.59 Å². The van der Waals surface area contributed by atoms with Crippen LogP contribution < -0.4 is 10.6 Å². The molecule has 0 spiro atoms. The Balaban J connectivity index is 2.01. The standard InChI is InChI=1S/C19H29N3O2/c1-14-9-11-22(12-10-14)18(17-7-5-4-6-8-17)13-20-19(24)15(2)21-16(3)23/h4-8,14-15,18H,9-13H2,1-3H3,(H,20,24)(H,21,23). The predicted octanol–water partition coefficient (Wildman–Crippen LogP) is 2.10. The number of likely N-dealkylation sites (tertiary alicyclic amines) is 1. The van der Waals surface area contributed by atoms with Crippen LogP contribution in [0.25, 0.3) is 0 Å². The van der Waals surface area contributed by atoms with Gasteiger partial charge in [0.25, 0.3) is 0 Å². The molecule has 1 fully saturated rings. The zero-order chi connectivity index (χ0) is 17.5. The Labute approximate surface area is 144 Å². The molecule has 1 aliphatic heterocycles. The molecule has 24 heavy (non-hydrogen) atoms. The summed E-state index contributed by atoms with van der Waals surface area (Å²) in [6, 6.07) is 9.98. The molecule has 2 rings (SSSR count). The molecular formula is C19H29N3O2. The largest absolute Gasteiger partial charge is 0.352 e. The maximum atomic E-state index is 12.2. The first-order chi connectivity index (χ1) is 11.5. The van der Waals surface area contributed by atoms with E-state index in [1.807, 2.05) is 18.2 Å². The fourth-order valence-electron chi connectivity index (χ4n) is 3.19. The lowest BCUT2D eigenvalue weighted by molar-refractivity contribution is -0.127. The van der Waals surface area contributed by atoms with Crippen LogP contribution in [0.5, 0.6) is 0 Å². The van der Waals surface area contributed by atoms with Gasteiger partial charge < -0.3 is 10.6 Å². The fourth-order valence-corrected chi connectivity index (χ4v) is 3.19. The Morgan fingerprint density at radius 1 is 1.21 bits per heavy atom. The van der Waals surface area contributed by atoms with Crippen LogP contribution in [-0.4, -0.2) is 42.4 Å². The van der Waals surface area contributed by atoms with Gasteiger partial charge in [0.05, 0.1) is 6.04 Å². The van der Waals surface area contributed by atoms with E-state index < -0.39 is 6.04 Å². The number of carbonyl (C=O) groups is 2. The van der Waals surface area contributed by atoms with E-state index in [4.69, 9.17) is 0 Å². The van der Waals surface area contributed by atoms with Gasteiger partial charge in [-0.05, 0) is 44.3 Å². The quantitative estimate of drug-likeness (QED) is 0.839. The Bertz CT molecular complexity index is 539. The van der Waals surface area contributed by atoms with Crippen LogP contribution >= 0.6 is 0 Å². The van der Waals surface area contributed by atoms with Crippen molar-refractivity contribution in [3.63, 3.8) is 0 Å². The molecule has 2 atom stereocenters. The maximum Gasteiger partial charge on any atom is 0.242 e. The third kappa shape index (κ3) is 5.34. The van der Waals surface area contributed by atoms with Crippen LogP contribution in [-0.2, 0) is 9.59 Å². The first-order valence-corrected chi connectivity index (χ1v) is 8.81. The van der Waals surface area contributed by atoms with Gasteiger partial charge in [-0.1, -0.05) is 37.3 Å². The highest BCUT2D eigenvalue weighted by molar-refractivity contribution is 5.86. The Morgan fingerprint density at radius 3 is 2.42 bits per heavy atom. The van der Waals surface area contributed by atoms with Crippen molar-refractivity contribution in [1.82, 2.24) is 15.5 Å². The van der Waals surface area contributed by atoms with E-state index in [-0.39, 0.29) is 17.9 Å². The Morgan fingerprint density at radius 2 is 1.83 bits per heavy atom. The SMILES string of the molecule is CC(=O)NC(C)C(=O)NCC(c1ccccc1)N1CCC(C)CC1. The number of nitrogens with zero attached hydrogens (tertiary/aromatic N) is 1. The fraction of sp³-hybridized carbons (Fsp3) is 0.579. The molecule has 0 aromatic heterocycles. The number of nitrogens with one attached hydrogen (secondary N) is 2. The summed E-state index contributed by atoms with van der Waals surface area (Å²) in [6.07, 6.45) is 2.39. The van der Waals surface area contributed by atoms with E-state index in [0.717, 1.165) is 19.0 Å². The summed E-state index contributed by atoms with van der Waals surface area (Å²) in [4.78, 5) is 25.8. The molecule has 2 N–H and O–H groups in total. The summed E-state index contributed by atoms with van der Waals surface area (Å²) in [5.41, 5.74) is 1.22. The Kier molecular flexibility index (Phi) is 6.79. The normalized spacial score (nSPS) is 18.6. The molecular weight excluding hydrogens is 302 g/mol. The number of rotatable bonds is 6. The third-order valence-corrected chi connectivity index (χ3v) is 4.73. The summed E-state index contributed by atoms with van der Waals surface area (Å²) in [5.74, 6) is 0.436. The number of hydrogen-bond acceptors (Lipinski definition) is 3. The van der Waals surface area contributed by atoms with Gasteiger partial charge in [-0.2, -0.15) is 0 Å². The van der Waals surface area contributed by atoms with Gasteiger partial charge in [0.2, 0.25) is 11.8 Å². The molecule has 5 heteroatoms. The molecule has 0 radical (unpaired) electrons. The average Bonchev–Trinajstić information content (AvgIpc) is 2.56. The zero-order valence-electron chi connectivity index (χ0n) is 14.9. The molecule has 0 aliphatic carbocycles. The third-order valence-electron chi connectivity index (χ3n) is 4.73. The van der Waals surface area contributed by atoms with Crippen molar-refractivity contribution in [3.8, 4) is 0 Å². The van der Waals surface area contributed by atoms with E-state index in [1.165, 1.54) is 25.3 Å². The van der Waals surface area contributed by atoms with Gasteiger partial charge in [-0.3, -0.25) is 14.5 Å². The zero-order valence-corrected chi connectivity index (χ0v) is 14.9. The highest BCUT2D eigenvalue weighted by Crippen LogP contribution is 2.26. The summed E-state index contributed by atoms with van der Waals surface area (Å²) >= 11 is 0. The lowest BCUT2D eigenvalue weighted by Crippen LogP contribution is -2.47. The molecule has 2 amide bonds. The van der Waals surface area contributed by atoms with Crippen LogP contribution in [0, 0.1) is 5.92 Å². The van der Waals surface area contributed by atoms with Gasteiger partial charge in [0.15, 0.2) is 0 Å². The van der Waals surface area contributed by atoms with Gasteiger partial charge in [-0.25, -0.2) is 0 Å². The minimum atomic E-state index is -0.514. The average molecular weight is 331 g/mol. The molecule has 0 saturated carbocycles. The number of carbonyl (C=O) groups excluding carboxylic acids is 2. The van der Waals surface area contributed by atoms with Gasteiger partial charge in [0.1, 0.15) is 6.04 Å². The number of piperidine rings is 1. The minimum Gasteiger partial charge on any atom is -0.352 e. The van der Waals surface area contributed by atoms with Crippen molar-refractivity contribution >= 4 is 11.8 Å². The van der Waals surface area contributed by atoms with Crippen LogP contribution in [0.1, 0.15) is 45.2 Å². The van der Waals surface area contributed by atoms with Crippen LogP contribution in [0.15, 0.2) is 30.3 Å². The molecule has 1 aliphatic rings. The molecule has 2 unspecified atom stereocenters. The van der Waals surface area contributed by atoms with Crippen LogP contribution in [0.2, 0.25) is 0 Å².